The van der Waals surface area contributed by atoms with Crippen LogP contribution in [-0.2, 0) is 4.79 Å². The van der Waals surface area contributed by atoms with E-state index in [4.69, 9.17) is 5.11 Å². The van der Waals surface area contributed by atoms with Crippen molar-refractivity contribution in [2.75, 3.05) is 0 Å². The van der Waals surface area contributed by atoms with Gasteiger partial charge in [-0.1, -0.05) is 32.3 Å². The number of unbranched alkanes of at least 4 members (excludes halogenated alkanes) is 2. The molecule has 0 aliphatic rings. The molecule has 0 radical (unpaired) electrons. The van der Waals surface area contributed by atoms with Gasteiger partial charge < -0.3 is 5.11 Å². The fraction of sp³-hybridized carbons (Fsp3) is 0.700. The van der Waals surface area contributed by atoms with E-state index >= 15 is 0 Å². The summed E-state index contributed by atoms with van der Waals surface area (Å²) in [5.41, 5.74) is 0. The second kappa shape index (κ2) is 6.89. The fourth-order valence-electron chi connectivity index (χ4n) is 1.18. The number of hydrogen-bond donors (Lipinski definition) is 1. The number of carbonyl (C=O) groups is 1. The van der Waals surface area contributed by atoms with Crippen molar-refractivity contribution in [3.8, 4) is 0 Å². The quantitative estimate of drug-likeness (QED) is 0.471. The van der Waals surface area contributed by atoms with E-state index in [0.717, 1.165) is 25.7 Å². The van der Waals surface area contributed by atoms with Crippen LogP contribution in [-0.4, -0.2) is 11.1 Å². The van der Waals surface area contributed by atoms with Crippen LogP contribution in [0.1, 0.15) is 39.0 Å². The normalized spacial score (nSPS) is 12.4. The lowest BCUT2D eigenvalue weighted by Crippen LogP contribution is -2.12. The van der Waals surface area contributed by atoms with Gasteiger partial charge in [-0.15, -0.1) is 6.58 Å². The number of allylic oxidation sites excluding steroid dienone is 1. The summed E-state index contributed by atoms with van der Waals surface area (Å²) in [5.74, 6) is -0.903. The van der Waals surface area contributed by atoms with E-state index in [0.29, 0.717) is 6.42 Å². The third-order valence-corrected chi connectivity index (χ3v) is 1.96. The lowest BCUT2D eigenvalue weighted by molar-refractivity contribution is -0.141. The van der Waals surface area contributed by atoms with Gasteiger partial charge in [0.15, 0.2) is 0 Å². The molecule has 0 heterocycles. The van der Waals surface area contributed by atoms with Crippen molar-refractivity contribution >= 4 is 5.97 Å². The van der Waals surface area contributed by atoms with Gasteiger partial charge in [-0.3, -0.25) is 4.79 Å². The molecule has 0 aromatic carbocycles. The zero-order valence-electron chi connectivity index (χ0n) is 7.75. The largest absolute Gasteiger partial charge is 0.481 e. The summed E-state index contributed by atoms with van der Waals surface area (Å²) in [5, 5.41) is 8.76. The first-order valence-electron chi connectivity index (χ1n) is 4.56. The maximum absolute atomic E-state index is 10.6. The van der Waals surface area contributed by atoms with Gasteiger partial charge in [-0.25, -0.2) is 0 Å². The topological polar surface area (TPSA) is 37.3 Å². The monoisotopic (exact) mass is 170 g/mol. The molecule has 0 fully saturated rings. The van der Waals surface area contributed by atoms with E-state index in [1.165, 1.54) is 0 Å². The number of aliphatic carboxylic acids is 1. The molecule has 0 aliphatic carbocycles. The first kappa shape index (κ1) is 11.2. The zero-order valence-corrected chi connectivity index (χ0v) is 7.75. The summed E-state index contributed by atoms with van der Waals surface area (Å²) < 4.78 is 0. The minimum Gasteiger partial charge on any atom is -0.481 e. The second-order valence-corrected chi connectivity index (χ2v) is 3.06. The highest BCUT2D eigenvalue weighted by molar-refractivity contribution is 5.70. The van der Waals surface area contributed by atoms with Crippen molar-refractivity contribution in [1.29, 1.82) is 0 Å². The summed E-state index contributed by atoms with van der Waals surface area (Å²) in [6.07, 6.45) is 6.35. The molecule has 0 saturated carbocycles. The minimum atomic E-state index is -0.689. The molecular formula is C10H18O2. The van der Waals surface area contributed by atoms with Crippen LogP contribution in [0.15, 0.2) is 12.7 Å². The highest BCUT2D eigenvalue weighted by atomic mass is 16.4. The first-order valence-corrected chi connectivity index (χ1v) is 4.56. The molecule has 0 rings (SSSR count). The molecule has 70 valence electrons. The molecular weight excluding hydrogens is 152 g/mol. The summed E-state index contributed by atoms with van der Waals surface area (Å²) >= 11 is 0. The van der Waals surface area contributed by atoms with Gasteiger partial charge in [0, 0.05) is 0 Å². The SMILES string of the molecule is C=CCC(CCCCC)C(=O)O. The number of hydrogen-bond acceptors (Lipinski definition) is 1. The van der Waals surface area contributed by atoms with Crippen molar-refractivity contribution in [1.82, 2.24) is 0 Å². The molecule has 0 spiro atoms. The molecule has 0 amide bonds. The second-order valence-electron chi connectivity index (χ2n) is 3.06. The Morgan fingerprint density at radius 3 is 2.67 bits per heavy atom. The van der Waals surface area contributed by atoms with Crippen LogP contribution >= 0.6 is 0 Å². The van der Waals surface area contributed by atoms with E-state index in [9.17, 15) is 4.79 Å². The zero-order chi connectivity index (χ0) is 9.40. The van der Waals surface area contributed by atoms with Gasteiger partial charge >= 0.3 is 5.97 Å². The van der Waals surface area contributed by atoms with Crippen molar-refractivity contribution in [2.45, 2.75) is 39.0 Å². The van der Waals surface area contributed by atoms with Crippen molar-refractivity contribution < 1.29 is 9.90 Å². The van der Waals surface area contributed by atoms with Gasteiger partial charge in [0.05, 0.1) is 5.92 Å². The molecule has 0 saturated heterocycles. The highest BCUT2D eigenvalue weighted by Crippen LogP contribution is 2.14. The van der Waals surface area contributed by atoms with Gasteiger partial charge in [0.25, 0.3) is 0 Å². The first-order chi connectivity index (χ1) is 5.72. The smallest absolute Gasteiger partial charge is 0.306 e. The standard InChI is InChI=1S/C10H18O2/c1-3-5-6-8-9(7-4-2)10(11)12/h4,9H,2-3,5-8H2,1H3,(H,11,12). The van der Waals surface area contributed by atoms with Crippen LogP contribution < -0.4 is 0 Å². The Hall–Kier alpha value is -0.790. The highest BCUT2D eigenvalue weighted by Gasteiger charge is 2.14. The van der Waals surface area contributed by atoms with Crippen LogP contribution in [0.4, 0.5) is 0 Å². The lowest BCUT2D eigenvalue weighted by atomic mass is 9.98. The molecule has 0 aromatic rings. The van der Waals surface area contributed by atoms with Crippen LogP contribution in [0.25, 0.3) is 0 Å². The number of carboxylic acid groups (broad SMARTS) is 1. The van der Waals surface area contributed by atoms with Gasteiger partial charge in [0.1, 0.15) is 0 Å². The summed E-state index contributed by atoms with van der Waals surface area (Å²) in [6, 6.07) is 0. The number of rotatable bonds is 7. The summed E-state index contributed by atoms with van der Waals surface area (Å²) in [6.45, 7) is 5.66. The lowest BCUT2D eigenvalue weighted by Gasteiger charge is -2.08. The molecule has 2 heteroatoms. The van der Waals surface area contributed by atoms with E-state index in [1.807, 2.05) is 0 Å². The number of carboxylic acids is 1. The Morgan fingerprint density at radius 2 is 2.25 bits per heavy atom. The fourth-order valence-corrected chi connectivity index (χ4v) is 1.18. The Bertz CT molecular complexity index is 141. The summed E-state index contributed by atoms with van der Waals surface area (Å²) in [7, 11) is 0. The molecule has 1 N–H and O–H groups in total. The minimum absolute atomic E-state index is 0.214. The van der Waals surface area contributed by atoms with E-state index in [1.54, 1.807) is 6.08 Å². The van der Waals surface area contributed by atoms with Crippen molar-refractivity contribution in [3.05, 3.63) is 12.7 Å². The van der Waals surface area contributed by atoms with Crippen LogP contribution in [0.5, 0.6) is 0 Å². The molecule has 0 aliphatic heterocycles. The molecule has 0 aromatic heterocycles. The predicted octanol–water partition coefficient (Wildman–Crippen LogP) is 2.84. The van der Waals surface area contributed by atoms with E-state index in [2.05, 4.69) is 13.5 Å². The Kier molecular flexibility index (Phi) is 6.44. The Morgan fingerprint density at radius 1 is 1.58 bits per heavy atom. The van der Waals surface area contributed by atoms with Crippen molar-refractivity contribution in [2.24, 2.45) is 5.92 Å². The molecule has 1 unspecified atom stereocenters. The van der Waals surface area contributed by atoms with Gasteiger partial charge in [-0.05, 0) is 12.8 Å². The summed E-state index contributed by atoms with van der Waals surface area (Å²) in [4.78, 5) is 10.6. The third-order valence-electron chi connectivity index (χ3n) is 1.96. The van der Waals surface area contributed by atoms with Crippen LogP contribution in [0, 0.1) is 5.92 Å². The molecule has 1 atom stereocenters. The molecule has 0 bridgehead atoms. The van der Waals surface area contributed by atoms with E-state index < -0.39 is 5.97 Å². The van der Waals surface area contributed by atoms with Crippen molar-refractivity contribution in [3.63, 3.8) is 0 Å². The van der Waals surface area contributed by atoms with E-state index in [-0.39, 0.29) is 5.92 Å². The van der Waals surface area contributed by atoms with Crippen LogP contribution in [0.2, 0.25) is 0 Å². The third kappa shape index (κ3) is 4.94. The maximum Gasteiger partial charge on any atom is 0.306 e. The van der Waals surface area contributed by atoms with Crippen LogP contribution in [0.3, 0.4) is 0 Å². The maximum atomic E-state index is 10.6. The molecule has 2 nitrogen and oxygen atoms in total. The Balaban J connectivity index is 3.63. The average Bonchev–Trinajstić information content (AvgIpc) is 2.03. The van der Waals surface area contributed by atoms with Gasteiger partial charge in [0.2, 0.25) is 0 Å². The van der Waals surface area contributed by atoms with Gasteiger partial charge in [-0.2, -0.15) is 0 Å². The Labute approximate surface area is 74.3 Å². The molecule has 12 heavy (non-hydrogen) atoms. The average molecular weight is 170 g/mol. The predicted molar refractivity (Wildman–Crippen MR) is 50.1 cm³/mol.